The molecular weight excluding hydrogens is 416 g/mol. The highest BCUT2D eigenvalue weighted by atomic mass is 35.5. The van der Waals surface area contributed by atoms with Gasteiger partial charge in [0.25, 0.3) is 5.69 Å². The molecule has 3 N–H and O–H groups in total. The third kappa shape index (κ3) is 6.04. The predicted molar refractivity (Wildman–Crippen MR) is 109 cm³/mol. The lowest BCUT2D eigenvalue weighted by atomic mass is 10.1. The van der Waals surface area contributed by atoms with Crippen molar-refractivity contribution in [1.29, 1.82) is 0 Å². The number of nitro benzene ring substituents is 1. The maximum absolute atomic E-state index is 10.9. The quantitative estimate of drug-likeness (QED) is 0.315. The molecule has 11 heteroatoms. The summed E-state index contributed by atoms with van der Waals surface area (Å²) in [7, 11) is 1.86. The van der Waals surface area contributed by atoms with Crippen molar-refractivity contribution in [3.05, 3.63) is 75.4 Å². The number of nitrogens with one attached hydrogen (secondary N) is 1. The minimum Gasteiger partial charge on any atom is -0.473 e. The number of rotatable bonds is 5. The Balaban J connectivity index is 0.000000469. The number of non-ortho nitro benzene ring substituents is 1. The molecule has 30 heavy (non-hydrogen) atoms. The summed E-state index contributed by atoms with van der Waals surface area (Å²) in [5, 5.41) is 29.6. The van der Waals surface area contributed by atoms with Gasteiger partial charge >= 0.3 is 11.9 Å². The van der Waals surface area contributed by atoms with Crippen LogP contribution in [-0.2, 0) is 23.2 Å². The van der Waals surface area contributed by atoms with Crippen molar-refractivity contribution in [3.8, 4) is 11.3 Å². The topological polar surface area (TPSA) is 148 Å². The van der Waals surface area contributed by atoms with Crippen LogP contribution in [0.15, 0.2) is 54.7 Å². The summed E-state index contributed by atoms with van der Waals surface area (Å²) < 4.78 is 1.86. The van der Waals surface area contributed by atoms with E-state index in [0.717, 1.165) is 16.8 Å². The third-order valence-electron chi connectivity index (χ3n) is 3.86. The molecular formula is C19H17ClN4O6. The Bertz CT molecular complexity index is 1070. The number of benzene rings is 2. The lowest BCUT2D eigenvalue weighted by molar-refractivity contribution is -0.384. The Hall–Kier alpha value is -3.92. The van der Waals surface area contributed by atoms with Crippen LogP contribution in [0.1, 0.15) is 5.56 Å². The van der Waals surface area contributed by atoms with E-state index in [1.54, 1.807) is 12.3 Å². The second-order valence-corrected chi connectivity index (χ2v) is 6.36. The maximum Gasteiger partial charge on any atom is 0.414 e. The summed E-state index contributed by atoms with van der Waals surface area (Å²) in [4.78, 5) is 33.1. The van der Waals surface area contributed by atoms with Gasteiger partial charge in [0.1, 0.15) is 0 Å². The smallest absolute Gasteiger partial charge is 0.414 e. The second-order valence-electron chi connectivity index (χ2n) is 5.93. The van der Waals surface area contributed by atoms with Crippen molar-refractivity contribution in [2.75, 3.05) is 5.32 Å². The van der Waals surface area contributed by atoms with E-state index >= 15 is 0 Å². The van der Waals surface area contributed by atoms with E-state index in [0.29, 0.717) is 17.5 Å². The highest BCUT2D eigenvalue weighted by Crippen LogP contribution is 2.25. The Morgan fingerprint density at radius 2 is 1.83 bits per heavy atom. The molecule has 1 heterocycles. The van der Waals surface area contributed by atoms with Crippen molar-refractivity contribution in [2.45, 2.75) is 6.54 Å². The summed E-state index contributed by atoms with van der Waals surface area (Å²) in [6.07, 6.45) is 1.69. The summed E-state index contributed by atoms with van der Waals surface area (Å²) >= 11 is 5.98. The molecule has 0 atom stereocenters. The van der Waals surface area contributed by atoms with Gasteiger partial charge < -0.3 is 20.1 Å². The zero-order chi connectivity index (χ0) is 22.3. The molecule has 0 bridgehead atoms. The zero-order valence-electron chi connectivity index (χ0n) is 15.7. The van der Waals surface area contributed by atoms with E-state index in [-0.39, 0.29) is 5.69 Å². The van der Waals surface area contributed by atoms with Gasteiger partial charge in [-0.2, -0.15) is 0 Å². The van der Waals surface area contributed by atoms with Crippen LogP contribution in [0, 0.1) is 10.1 Å². The average molecular weight is 433 g/mol. The molecule has 0 saturated carbocycles. The SMILES string of the molecule is Cn1c(-c2cccc([N+](=O)[O-])c2)cnc1NCc1cccc(Cl)c1.O=C(O)C(=O)O. The minimum atomic E-state index is -1.82. The highest BCUT2D eigenvalue weighted by Gasteiger charge is 2.12. The first-order valence-electron chi connectivity index (χ1n) is 8.40. The normalized spacial score (nSPS) is 9.93. The predicted octanol–water partition coefficient (Wildman–Crippen LogP) is 3.42. The Labute approximate surface area is 175 Å². The Morgan fingerprint density at radius 1 is 1.17 bits per heavy atom. The fourth-order valence-electron chi connectivity index (χ4n) is 2.45. The summed E-state index contributed by atoms with van der Waals surface area (Å²) in [5.74, 6) is -2.97. The molecule has 0 unspecified atom stereocenters. The number of nitrogens with zero attached hydrogens (tertiary/aromatic N) is 3. The van der Waals surface area contributed by atoms with Crippen LogP contribution in [0.5, 0.6) is 0 Å². The van der Waals surface area contributed by atoms with Crippen LogP contribution in [0.3, 0.4) is 0 Å². The number of aliphatic carboxylic acids is 2. The van der Waals surface area contributed by atoms with Gasteiger partial charge in [-0.3, -0.25) is 10.1 Å². The van der Waals surface area contributed by atoms with Gasteiger partial charge in [0.05, 0.1) is 16.8 Å². The lowest BCUT2D eigenvalue weighted by Crippen LogP contribution is -2.09. The molecule has 0 aliphatic carbocycles. The van der Waals surface area contributed by atoms with Crippen LogP contribution in [0.2, 0.25) is 5.02 Å². The molecule has 0 saturated heterocycles. The molecule has 0 amide bonds. The number of carboxylic acid groups (broad SMARTS) is 2. The molecule has 1 aromatic heterocycles. The van der Waals surface area contributed by atoms with Crippen molar-refractivity contribution in [2.24, 2.45) is 7.05 Å². The fraction of sp³-hybridized carbons (Fsp3) is 0.105. The Kier molecular flexibility index (Phi) is 7.48. The largest absolute Gasteiger partial charge is 0.473 e. The summed E-state index contributed by atoms with van der Waals surface area (Å²) in [6, 6.07) is 14.1. The zero-order valence-corrected chi connectivity index (χ0v) is 16.4. The number of imidazole rings is 1. The molecule has 0 aliphatic rings. The van der Waals surface area contributed by atoms with Gasteiger partial charge in [0.2, 0.25) is 5.95 Å². The molecule has 2 aromatic carbocycles. The van der Waals surface area contributed by atoms with Gasteiger partial charge in [-0.15, -0.1) is 0 Å². The highest BCUT2D eigenvalue weighted by molar-refractivity contribution is 6.30. The van der Waals surface area contributed by atoms with E-state index in [1.807, 2.05) is 41.9 Å². The number of hydrogen-bond donors (Lipinski definition) is 3. The van der Waals surface area contributed by atoms with Crippen LogP contribution < -0.4 is 5.32 Å². The standard InChI is InChI=1S/C17H15ClN4O2.C2H2O4/c1-21-16(13-5-3-7-15(9-13)22(23)24)11-20-17(21)19-10-12-4-2-6-14(18)8-12;3-1(4)2(5)6/h2-9,11H,10H2,1H3,(H,19,20);(H,3,4)(H,5,6). The first-order chi connectivity index (χ1) is 14.2. The van der Waals surface area contributed by atoms with Crippen molar-refractivity contribution in [1.82, 2.24) is 9.55 Å². The van der Waals surface area contributed by atoms with Crippen LogP contribution in [0.4, 0.5) is 11.6 Å². The van der Waals surface area contributed by atoms with E-state index in [1.165, 1.54) is 12.1 Å². The van der Waals surface area contributed by atoms with Gasteiger partial charge in [0, 0.05) is 36.3 Å². The van der Waals surface area contributed by atoms with Crippen molar-refractivity contribution in [3.63, 3.8) is 0 Å². The molecule has 0 aliphatic heterocycles. The van der Waals surface area contributed by atoms with E-state index < -0.39 is 16.9 Å². The summed E-state index contributed by atoms with van der Waals surface area (Å²) in [5.41, 5.74) is 2.65. The first-order valence-corrected chi connectivity index (χ1v) is 8.78. The van der Waals surface area contributed by atoms with E-state index in [9.17, 15) is 10.1 Å². The average Bonchev–Trinajstić information content (AvgIpc) is 3.07. The van der Waals surface area contributed by atoms with E-state index in [2.05, 4.69) is 10.3 Å². The molecule has 0 fully saturated rings. The van der Waals surface area contributed by atoms with Crippen LogP contribution in [0.25, 0.3) is 11.3 Å². The number of aromatic nitrogens is 2. The second kappa shape index (κ2) is 10.0. The number of halogens is 1. The van der Waals surface area contributed by atoms with Crippen LogP contribution >= 0.6 is 11.6 Å². The molecule has 156 valence electrons. The monoisotopic (exact) mass is 432 g/mol. The van der Waals surface area contributed by atoms with Gasteiger partial charge in [-0.05, 0) is 17.7 Å². The number of nitro groups is 1. The van der Waals surface area contributed by atoms with Gasteiger partial charge in [0.15, 0.2) is 0 Å². The molecule has 0 spiro atoms. The maximum atomic E-state index is 10.9. The molecule has 10 nitrogen and oxygen atoms in total. The fourth-order valence-corrected chi connectivity index (χ4v) is 2.66. The molecule has 3 rings (SSSR count). The van der Waals surface area contributed by atoms with Crippen molar-refractivity contribution < 1.29 is 24.7 Å². The van der Waals surface area contributed by atoms with E-state index in [4.69, 9.17) is 31.4 Å². The first kappa shape index (κ1) is 22.4. The number of carboxylic acids is 2. The van der Waals surface area contributed by atoms with Gasteiger partial charge in [-0.1, -0.05) is 35.9 Å². The number of anilines is 1. The number of hydrogen-bond acceptors (Lipinski definition) is 6. The molecule has 3 aromatic rings. The third-order valence-corrected chi connectivity index (χ3v) is 4.10. The summed E-state index contributed by atoms with van der Waals surface area (Å²) in [6.45, 7) is 0.583. The number of carbonyl (C=O) groups is 2. The van der Waals surface area contributed by atoms with Crippen LogP contribution in [-0.4, -0.2) is 36.6 Å². The Morgan fingerprint density at radius 3 is 2.43 bits per heavy atom. The van der Waals surface area contributed by atoms with Crippen molar-refractivity contribution >= 4 is 35.2 Å². The lowest BCUT2D eigenvalue weighted by Gasteiger charge is -2.09. The van der Waals surface area contributed by atoms with Gasteiger partial charge in [-0.25, -0.2) is 14.6 Å². The molecule has 0 radical (unpaired) electrons. The minimum absolute atomic E-state index is 0.0575.